The smallest absolute Gasteiger partial charge is 0.214 e. The summed E-state index contributed by atoms with van der Waals surface area (Å²) in [7, 11) is 1.61. The fraction of sp³-hybridized carbons (Fsp3) is 0.600. The van der Waals surface area contributed by atoms with Gasteiger partial charge in [0.25, 0.3) is 0 Å². The van der Waals surface area contributed by atoms with Crippen molar-refractivity contribution < 1.29 is 9.84 Å². The van der Waals surface area contributed by atoms with Crippen LogP contribution in [0, 0.1) is 5.41 Å². The molecule has 0 bridgehead atoms. The fourth-order valence-electron chi connectivity index (χ4n) is 2.58. The van der Waals surface area contributed by atoms with Crippen molar-refractivity contribution in [2.75, 3.05) is 20.3 Å². The van der Waals surface area contributed by atoms with Gasteiger partial charge >= 0.3 is 0 Å². The molecule has 2 rings (SSSR count). The van der Waals surface area contributed by atoms with E-state index >= 15 is 0 Å². The van der Waals surface area contributed by atoms with Gasteiger partial charge < -0.3 is 19.7 Å². The summed E-state index contributed by atoms with van der Waals surface area (Å²) in [6, 6.07) is 0.147. The summed E-state index contributed by atoms with van der Waals surface area (Å²) in [6.45, 7) is 5.05. The maximum atomic E-state index is 10.2. The molecular weight excluding hydrogens is 268 g/mol. The summed E-state index contributed by atoms with van der Waals surface area (Å²) in [5.41, 5.74) is 1.20. The van der Waals surface area contributed by atoms with E-state index in [1.165, 1.54) is 0 Å². The number of aliphatic hydroxyl groups is 1. The summed E-state index contributed by atoms with van der Waals surface area (Å²) in [6.07, 6.45) is 5.11. The molecule has 3 N–H and O–H groups in total. The third-order valence-electron chi connectivity index (χ3n) is 3.56. The molecule has 6 heteroatoms. The molecule has 1 aromatic heterocycles. The Morgan fingerprint density at radius 1 is 1.57 bits per heavy atom. The molecule has 0 aliphatic heterocycles. The van der Waals surface area contributed by atoms with Gasteiger partial charge in [0.1, 0.15) is 0 Å². The molecule has 0 aromatic carbocycles. The van der Waals surface area contributed by atoms with Crippen LogP contribution in [-0.2, 0) is 11.2 Å². The van der Waals surface area contributed by atoms with Gasteiger partial charge in [0.05, 0.1) is 17.6 Å². The summed E-state index contributed by atoms with van der Waals surface area (Å²) in [5.74, 6) is -0.0557. The lowest BCUT2D eigenvalue weighted by Crippen LogP contribution is -2.50. The first-order valence-electron chi connectivity index (χ1n) is 7.38. The third-order valence-corrected chi connectivity index (χ3v) is 3.56. The van der Waals surface area contributed by atoms with Gasteiger partial charge in [0.15, 0.2) is 10.8 Å². The zero-order chi connectivity index (χ0) is 15.4. The number of aryl methyl sites for hydroxylation is 1. The molecule has 1 aliphatic rings. The van der Waals surface area contributed by atoms with Crippen LogP contribution in [0.5, 0.6) is 0 Å². The molecule has 0 amide bonds. The van der Waals surface area contributed by atoms with Crippen molar-refractivity contribution in [2.24, 2.45) is 0 Å². The van der Waals surface area contributed by atoms with Gasteiger partial charge in [-0.15, -0.1) is 0 Å². The molecule has 21 heavy (non-hydrogen) atoms. The number of aliphatic hydroxyl groups excluding tert-OH is 1. The topological polar surface area (TPSA) is 83.2 Å². The molecule has 0 saturated heterocycles. The lowest BCUT2D eigenvalue weighted by atomic mass is 10.1. The number of aromatic nitrogens is 2. The van der Waals surface area contributed by atoms with Gasteiger partial charge in [-0.25, -0.2) is 4.98 Å². The first kappa shape index (κ1) is 15.6. The van der Waals surface area contributed by atoms with Crippen LogP contribution in [-0.4, -0.2) is 34.9 Å². The number of hydrogen-bond donors (Lipinski definition) is 3. The second-order valence-corrected chi connectivity index (χ2v) is 5.47. The first-order chi connectivity index (χ1) is 10.1. The van der Waals surface area contributed by atoms with E-state index in [4.69, 9.17) is 10.1 Å². The molecule has 116 valence electrons. The predicted molar refractivity (Wildman–Crippen MR) is 81.0 cm³/mol. The quantitative estimate of drug-likeness (QED) is 0.663. The highest BCUT2D eigenvalue weighted by Crippen LogP contribution is 2.04. The molecule has 0 radical (unpaired) electrons. The molecule has 0 spiro atoms. The summed E-state index contributed by atoms with van der Waals surface area (Å²) < 4.78 is 6.88. The molecule has 6 nitrogen and oxygen atoms in total. The van der Waals surface area contributed by atoms with Gasteiger partial charge in [-0.1, -0.05) is 6.08 Å². The highest BCUT2D eigenvalue weighted by molar-refractivity contribution is 5.31. The minimum Gasteiger partial charge on any atom is -0.493 e. The number of ether oxygens (including phenoxy) is 1. The SMILES string of the molecule is COCCN/C(O)=c1\nc2c(n(C(C)C)c1=N)=CCCC2. The third kappa shape index (κ3) is 3.26. The standard InChI is InChI=1S/C15H24N4O2/c1-10(2)19-12-7-5-4-6-11(12)18-13(14(19)16)15(20)17-8-9-21-3/h7,10,16-17,20H,4-6,8-9H2,1-3H3/b15-13+,16-14?. The van der Waals surface area contributed by atoms with Crippen molar-refractivity contribution in [1.82, 2.24) is 14.9 Å². The Bertz CT molecular complexity index is 676. The lowest BCUT2D eigenvalue weighted by Gasteiger charge is -2.18. The average molecular weight is 292 g/mol. The maximum absolute atomic E-state index is 10.2. The Balaban J connectivity index is 2.61. The number of fused-ring (bicyclic) bond motifs is 1. The van der Waals surface area contributed by atoms with Crippen LogP contribution in [0.2, 0.25) is 0 Å². The van der Waals surface area contributed by atoms with E-state index in [2.05, 4.69) is 16.4 Å². The van der Waals surface area contributed by atoms with Gasteiger partial charge in [-0.2, -0.15) is 0 Å². The highest BCUT2D eigenvalue weighted by atomic mass is 16.5. The van der Waals surface area contributed by atoms with Crippen LogP contribution in [0.15, 0.2) is 0 Å². The molecular formula is C15H24N4O2. The van der Waals surface area contributed by atoms with Crippen LogP contribution in [0.25, 0.3) is 12.0 Å². The van der Waals surface area contributed by atoms with E-state index in [1.54, 1.807) is 7.11 Å². The first-order valence-corrected chi connectivity index (χ1v) is 7.38. The Morgan fingerprint density at radius 2 is 2.33 bits per heavy atom. The number of nitrogens with one attached hydrogen (secondary N) is 2. The molecule has 1 aromatic rings. The molecule has 0 atom stereocenters. The van der Waals surface area contributed by atoms with E-state index in [1.807, 2.05) is 18.4 Å². The van der Waals surface area contributed by atoms with Crippen molar-refractivity contribution in [1.29, 1.82) is 5.41 Å². The van der Waals surface area contributed by atoms with Crippen molar-refractivity contribution in [3.05, 3.63) is 21.9 Å². The van der Waals surface area contributed by atoms with Crippen molar-refractivity contribution in [2.45, 2.75) is 39.2 Å². The Morgan fingerprint density at radius 3 is 3.00 bits per heavy atom. The number of methoxy groups -OCH3 is 1. The highest BCUT2D eigenvalue weighted by Gasteiger charge is 2.13. The normalized spacial score (nSPS) is 15.4. The molecule has 1 aliphatic carbocycles. The van der Waals surface area contributed by atoms with E-state index in [0.29, 0.717) is 18.5 Å². The zero-order valence-corrected chi connectivity index (χ0v) is 12.9. The number of hydrogen-bond acceptors (Lipinski definition) is 5. The lowest BCUT2D eigenvalue weighted by molar-refractivity contribution is 0.200. The van der Waals surface area contributed by atoms with Crippen LogP contribution >= 0.6 is 0 Å². The minimum absolute atomic E-state index is 0.0557. The molecule has 0 unspecified atom stereocenters. The number of rotatable bonds is 5. The largest absolute Gasteiger partial charge is 0.493 e. The Labute approximate surface area is 124 Å². The fourth-order valence-corrected chi connectivity index (χ4v) is 2.58. The van der Waals surface area contributed by atoms with E-state index in [9.17, 15) is 5.11 Å². The molecule has 0 saturated carbocycles. The zero-order valence-electron chi connectivity index (χ0n) is 12.9. The Kier molecular flexibility index (Phi) is 5.01. The summed E-state index contributed by atoms with van der Waals surface area (Å²) in [5, 5.41) is 22.7. The van der Waals surface area contributed by atoms with Gasteiger partial charge in [-0.3, -0.25) is 5.41 Å². The minimum atomic E-state index is -0.0557. The Hall–Kier alpha value is -1.82. The summed E-state index contributed by atoms with van der Waals surface area (Å²) in [4.78, 5) is 4.50. The van der Waals surface area contributed by atoms with Crippen molar-refractivity contribution in [3.8, 4) is 0 Å². The van der Waals surface area contributed by atoms with E-state index < -0.39 is 0 Å². The van der Waals surface area contributed by atoms with E-state index in [0.717, 1.165) is 30.3 Å². The molecule has 0 fully saturated rings. The van der Waals surface area contributed by atoms with Crippen LogP contribution < -0.4 is 21.5 Å². The van der Waals surface area contributed by atoms with Gasteiger partial charge in [0, 0.05) is 19.7 Å². The van der Waals surface area contributed by atoms with Crippen molar-refractivity contribution >= 4 is 12.0 Å². The van der Waals surface area contributed by atoms with Crippen molar-refractivity contribution in [3.63, 3.8) is 0 Å². The van der Waals surface area contributed by atoms with E-state index in [-0.39, 0.29) is 17.4 Å². The second kappa shape index (κ2) is 6.76. The number of nitrogens with zero attached hydrogens (tertiary/aromatic N) is 2. The summed E-state index contributed by atoms with van der Waals surface area (Å²) >= 11 is 0. The maximum Gasteiger partial charge on any atom is 0.214 e. The average Bonchev–Trinajstić information content (AvgIpc) is 2.46. The predicted octanol–water partition coefficient (Wildman–Crippen LogP) is -0.0800. The van der Waals surface area contributed by atoms with Crippen LogP contribution in [0.1, 0.15) is 38.4 Å². The van der Waals surface area contributed by atoms with Crippen LogP contribution in [0.3, 0.4) is 0 Å². The second-order valence-electron chi connectivity index (χ2n) is 5.47. The van der Waals surface area contributed by atoms with Gasteiger partial charge in [-0.05, 0) is 33.1 Å². The monoisotopic (exact) mass is 292 g/mol. The van der Waals surface area contributed by atoms with Gasteiger partial charge in [0.2, 0.25) is 5.88 Å². The molecule has 1 heterocycles. The van der Waals surface area contributed by atoms with Crippen LogP contribution in [0.4, 0.5) is 0 Å².